The minimum absolute atomic E-state index is 0.0433. The molecule has 1 unspecified atom stereocenters. The molecule has 5 nitrogen and oxygen atoms in total. The van der Waals surface area contributed by atoms with Crippen LogP contribution in [0.15, 0.2) is 77.3 Å². The normalized spacial score (nSPS) is 15.8. The molecular formula is C26H23BrN2O3. The maximum atomic E-state index is 13.5. The Labute approximate surface area is 195 Å². The first kappa shape index (κ1) is 22.0. The van der Waals surface area contributed by atoms with E-state index in [0.717, 1.165) is 21.2 Å². The largest absolute Gasteiger partial charge is 0.322 e. The molecule has 162 valence electrons. The smallest absolute Gasteiger partial charge is 0.257 e. The number of carbonyl (C=O) groups is 3. The molecule has 3 amide bonds. The molecule has 0 spiro atoms. The lowest BCUT2D eigenvalue weighted by Crippen LogP contribution is -2.45. The predicted molar refractivity (Wildman–Crippen MR) is 127 cm³/mol. The Morgan fingerprint density at radius 2 is 1.66 bits per heavy atom. The summed E-state index contributed by atoms with van der Waals surface area (Å²) in [5, 5.41) is 0. The van der Waals surface area contributed by atoms with Gasteiger partial charge in [0, 0.05) is 16.6 Å². The van der Waals surface area contributed by atoms with Crippen molar-refractivity contribution in [2.24, 2.45) is 0 Å². The third kappa shape index (κ3) is 4.50. The molecule has 1 aliphatic heterocycles. The SMILES string of the molecule is Cc1ccc(CN(C(=O)c2cccc(C)c2)C2CC(=O)N(c3ccc(Br)cc3)C2=O)cc1. The highest BCUT2D eigenvalue weighted by molar-refractivity contribution is 9.10. The van der Waals surface area contributed by atoms with E-state index in [-0.39, 0.29) is 30.7 Å². The van der Waals surface area contributed by atoms with Crippen LogP contribution in [0.4, 0.5) is 5.69 Å². The summed E-state index contributed by atoms with van der Waals surface area (Å²) in [4.78, 5) is 42.5. The van der Waals surface area contributed by atoms with Crippen LogP contribution in [-0.4, -0.2) is 28.7 Å². The van der Waals surface area contributed by atoms with Gasteiger partial charge in [-0.05, 0) is 55.8 Å². The van der Waals surface area contributed by atoms with Crippen LogP contribution in [0.25, 0.3) is 0 Å². The molecule has 1 heterocycles. The quantitative estimate of drug-likeness (QED) is 0.470. The highest BCUT2D eigenvalue weighted by Crippen LogP contribution is 2.29. The number of rotatable bonds is 5. The van der Waals surface area contributed by atoms with E-state index in [1.807, 2.05) is 50.2 Å². The zero-order valence-electron chi connectivity index (χ0n) is 17.9. The fourth-order valence-electron chi connectivity index (χ4n) is 3.88. The van der Waals surface area contributed by atoms with Gasteiger partial charge in [0.15, 0.2) is 0 Å². The van der Waals surface area contributed by atoms with Gasteiger partial charge in [-0.1, -0.05) is 63.5 Å². The van der Waals surface area contributed by atoms with E-state index in [4.69, 9.17) is 0 Å². The highest BCUT2D eigenvalue weighted by atomic mass is 79.9. The standard InChI is InChI=1S/C26H23BrN2O3/c1-17-6-8-19(9-7-17)16-28(25(31)20-5-3-4-18(2)14-20)23-15-24(30)29(26(23)32)22-12-10-21(27)11-13-22/h3-14,23H,15-16H2,1-2H3. The van der Waals surface area contributed by atoms with E-state index >= 15 is 0 Å². The van der Waals surface area contributed by atoms with Crippen LogP contribution in [0.5, 0.6) is 0 Å². The van der Waals surface area contributed by atoms with Crippen molar-refractivity contribution < 1.29 is 14.4 Å². The number of anilines is 1. The van der Waals surface area contributed by atoms with E-state index < -0.39 is 6.04 Å². The summed E-state index contributed by atoms with van der Waals surface area (Å²) >= 11 is 3.37. The van der Waals surface area contributed by atoms with Crippen LogP contribution >= 0.6 is 15.9 Å². The lowest BCUT2D eigenvalue weighted by atomic mass is 10.1. The first-order valence-electron chi connectivity index (χ1n) is 10.4. The molecule has 0 aliphatic carbocycles. The van der Waals surface area contributed by atoms with Crippen molar-refractivity contribution in [3.63, 3.8) is 0 Å². The van der Waals surface area contributed by atoms with Crippen molar-refractivity contribution in [2.75, 3.05) is 4.90 Å². The van der Waals surface area contributed by atoms with Crippen molar-refractivity contribution in [2.45, 2.75) is 32.9 Å². The zero-order chi connectivity index (χ0) is 22.8. The fraction of sp³-hybridized carbons (Fsp3) is 0.192. The van der Waals surface area contributed by atoms with Crippen LogP contribution in [0.2, 0.25) is 0 Å². The molecule has 4 rings (SSSR count). The number of aryl methyl sites for hydroxylation is 2. The average Bonchev–Trinajstić information content (AvgIpc) is 3.07. The molecule has 1 saturated heterocycles. The Bertz CT molecular complexity index is 1170. The Morgan fingerprint density at radius 1 is 0.969 bits per heavy atom. The van der Waals surface area contributed by atoms with Gasteiger partial charge in [0.1, 0.15) is 6.04 Å². The molecule has 6 heteroatoms. The second kappa shape index (κ2) is 9.09. The van der Waals surface area contributed by atoms with Gasteiger partial charge in [-0.2, -0.15) is 0 Å². The Morgan fingerprint density at radius 3 is 2.31 bits per heavy atom. The monoisotopic (exact) mass is 490 g/mol. The van der Waals surface area contributed by atoms with Crippen molar-refractivity contribution >= 4 is 39.3 Å². The van der Waals surface area contributed by atoms with E-state index in [0.29, 0.717) is 11.3 Å². The Kier molecular flexibility index (Phi) is 6.24. The van der Waals surface area contributed by atoms with Gasteiger partial charge >= 0.3 is 0 Å². The van der Waals surface area contributed by atoms with Crippen molar-refractivity contribution in [1.29, 1.82) is 0 Å². The summed E-state index contributed by atoms with van der Waals surface area (Å²) in [6.45, 7) is 4.15. The molecule has 0 saturated carbocycles. The number of imide groups is 1. The molecule has 1 aliphatic rings. The number of carbonyl (C=O) groups excluding carboxylic acids is 3. The van der Waals surface area contributed by atoms with Gasteiger partial charge in [-0.25, -0.2) is 4.90 Å². The molecule has 0 aromatic heterocycles. The summed E-state index contributed by atoms with van der Waals surface area (Å²) in [7, 11) is 0. The third-order valence-corrected chi connectivity index (χ3v) is 6.11. The number of nitrogens with zero attached hydrogens (tertiary/aromatic N) is 2. The molecule has 3 aromatic carbocycles. The Hall–Kier alpha value is -3.25. The van der Waals surface area contributed by atoms with Crippen LogP contribution in [0, 0.1) is 13.8 Å². The summed E-state index contributed by atoms with van der Waals surface area (Å²) < 4.78 is 0.854. The lowest BCUT2D eigenvalue weighted by Gasteiger charge is -2.28. The molecule has 0 radical (unpaired) electrons. The summed E-state index contributed by atoms with van der Waals surface area (Å²) in [6, 6.07) is 21.3. The molecule has 32 heavy (non-hydrogen) atoms. The zero-order valence-corrected chi connectivity index (χ0v) is 19.5. The first-order chi connectivity index (χ1) is 15.3. The molecule has 1 atom stereocenters. The van der Waals surface area contributed by atoms with Crippen LogP contribution in [0.3, 0.4) is 0 Å². The van der Waals surface area contributed by atoms with Crippen LogP contribution < -0.4 is 4.90 Å². The first-order valence-corrected chi connectivity index (χ1v) is 11.2. The Balaban J connectivity index is 1.69. The summed E-state index contributed by atoms with van der Waals surface area (Å²) in [5.41, 5.74) is 3.97. The number of hydrogen-bond donors (Lipinski definition) is 0. The van der Waals surface area contributed by atoms with Gasteiger partial charge < -0.3 is 4.90 Å². The van der Waals surface area contributed by atoms with Gasteiger partial charge in [0.25, 0.3) is 11.8 Å². The molecule has 1 fully saturated rings. The van der Waals surface area contributed by atoms with Gasteiger partial charge in [0.2, 0.25) is 5.91 Å². The van der Waals surface area contributed by atoms with Gasteiger partial charge in [0.05, 0.1) is 12.1 Å². The summed E-state index contributed by atoms with van der Waals surface area (Å²) in [6.07, 6.45) is -0.0433. The van der Waals surface area contributed by atoms with Crippen molar-refractivity contribution in [1.82, 2.24) is 4.90 Å². The predicted octanol–water partition coefficient (Wildman–Crippen LogP) is 5.04. The summed E-state index contributed by atoms with van der Waals surface area (Å²) in [5.74, 6) is -0.961. The number of amides is 3. The van der Waals surface area contributed by atoms with Gasteiger partial charge in [-0.3, -0.25) is 14.4 Å². The van der Waals surface area contributed by atoms with Crippen molar-refractivity contribution in [3.8, 4) is 0 Å². The maximum absolute atomic E-state index is 13.5. The molecule has 0 N–H and O–H groups in total. The maximum Gasteiger partial charge on any atom is 0.257 e. The van der Waals surface area contributed by atoms with Gasteiger partial charge in [-0.15, -0.1) is 0 Å². The van der Waals surface area contributed by atoms with E-state index in [1.165, 1.54) is 9.80 Å². The number of hydrogen-bond acceptors (Lipinski definition) is 3. The topological polar surface area (TPSA) is 57.7 Å². The van der Waals surface area contributed by atoms with Crippen LogP contribution in [0.1, 0.15) is 33.5 Å². The highest BCUT2D eigenvalue weighted by Gasteiger charge is 2.44. The van der Waals surface area contributed by atoms with E-state index in [2.05, 4.69) is 15.9 Å². The minimum Gasteiger partial charge on any atom is -0.322 e. The third-order valence-electron chi connectivity index (χ3n) is 5.58. The second-order valence-corrected chi connectivity index (χ2v) is 8.97. The average molecular weight is 491 g/mol. The number of halogens is 1. The van der Waals surface area contributed by atoms with E-state index in [1.54, 1.807) is 36.4 Å². The second-order valence-electron chi connectivity index (χ2n) is 8.05. The lowest BCUT2D eigenvalue weighted by molar-refractivity contribution is -0.122. The molecule has 3 aromatic rings. The molecular weight excluding hydrogens is 468 g/mol. The van der Waals surface area contributed by atoms with Crippen LogP contribution in [-0.2, 0) is 16.1 Å². The number of benzene rings is 3. The minimum atomic E-state index is -0.861. The molecule has 0 bridgehead atoms. The van der Waals surface area contributed by atoms with Crippen molar-refractivity contribution in [3.05, 3.63) is 99.5 Å². The van der Waals surface area contributed by atoms with E-state index in [9.17, 15) is 14.4 Å². The fourth-order valence-corrected chi connectivity index (χ4v) is 4.14.